The molecule has 0 aliphatic rings. The second-order valence-electron chi connectivity index (χ2n) is 4.26. The normalized spacial score (nSPS) is 10.8. The Morgan fingerprint density at radius 2 is 2.25 bits per heavy atom. The van der Waals surface area contributed by atoms with E-state index in [-0.39, 0.29) is 6.42 Å². The molecule has 3 aromatic heterocycles. The van der Waals surface area contributed by atoms with Crippen molar-refractivity contribution >= 4 is 28.6 Å². The van der Waals surface area contributed by atoms with Gasteiger partial charge in [-0.15, -0.1) is 22.7 Å². The summed E-state index contributed by atoms with van der Waals surface area (Å²) >= 11 is 3.03. The number of aliphatic carboxylic acids is 1. The molecule has 0 saturated carbocycles. The molecule has 0 aromatic carbocycles. The second kappa shape index (κ2) is 5.22. The molecule has 3 heterocycles. The topological polar surface area (TPSA) is 63.3 Å². The van der Waals surface area contributed by atoms with Crippen LogP contribution in [0.25, 0.3) is 21.1 Å². The summed E-state index contributed by atoms with van der Waals surface area (Å²) in [4.78, 5) is 17.1. The Hall–Kier alpha value is -1.92. The Bertz CT molecular complexity index is 754. The molecule has 0 bridgehead atoms. The fourth-order valence-corrected chi connectivity index (χ4v) is 3.80. The lowest BCUT2D eigenvalue weighted by atomic mass is 10.3. The number of thiophene rings is 1. The monoisotopic (exact) mass is 305 g/mol. The van der Waals surface area contributed by atoms with Crippen molar-refractivity contribution in [2.75, 3.05) is 0 Å². The molecule has 3 rings (SSSR count). The maximum absolute atomic E-state index is 10.7. The zero-order valence-electron chi connectivity index (χ0n) is 10.6. The molecule has 3 aromatic rings. The third-order valence-corrected chi connectivity index (χ3v) is 4.82. The van der Waals surface area contributed by atoms with Crippen molar-refractivity contribution in [3.05, 3.63) is 40.5 Å². The van der Waals surface area contributed by atoms with Crippen LogP contribution in [-0.4, -0.2) is 16.1 Å². The van der Waals surface area contributed by atoms with E-state index in [2.05, 4.69) is 4.98 Å². The molecule has 4 nitrogen and oxygen atoms in total. The average Bonchev–Trinajstić information content (AvgIpc) is 3.07. The van der Waals surface area contributed by atoms with E-state index in [1.165, 1.54) is 11.3 Å². The van der Waals surface area contributed by atoms with Crippen LogP contribution in [0.5, 0.6) is 0 Å². The zero-order chi connectivity index (χ0) is 14.1. The van der Waals surface area contributed by atoms with Gasteiger partial charge in [0.15, 0.2) is 0 Å². The third kappa shape index (κ3) is 2.52. The maximum atomic E-state index is 10.7. The largest absolute Gasteiger partial charge is 0.481 e. The molecular formula is C14H11NO3S2. The van der Waals surface area contributed by atoms with Crippen molar-refractivity contribution in [1.82, 2.24) is 4.98 Å². The summed E-state index contributed by atoms with van der Waals surface area (Å²) in [5.74, 6) is 0.0371. The highest BCUT2D eigenvalue weighted by atomic mass is 32.1. The average molecular weight is 305 g/mol. The van der Waals surface area contributed by atoms with Crippen LogP contribution in [0.15, 0.2) is 34.3 Å². The number of carboxylic acid groups (broad SMARTS) is 1. The van der Waals surface area contributed by atoms with Gasteiger partial charge in [0.25, 0.3) is 0 Å². The van der Waals surface area contributed by atoms with E-state index in [4.69, 9.17) is 9.52 Å². The van der Waals surface area contributed by atoms with Gasteiger partial charge < -0.3 is 9.52 Å². The Kier molecular flexibility index (Phi) is 3.42. The molecule has 102 valence electrons. The number of carboxylic acids is 1. The number of rotatable bonds is 4. The number of aromatic nitrogens is 1. The number of hydrogen-bond donors (Lipinski definition) is 1. The first-order valence-corrected chi connectivity index (χ1v) is 7.64. The third-order valence-electron chi connectivity index (χ3n) is 2.83. The van der Waals surface area contributed by atoms with Crippen LogP contribution in [0.2, 0.25) is 0 Å². The van der Waals surface area contributed by atoms with E-state index in [0.29, 0.717) is 0 Å². The SMILES string of the molecule is Cc1occc1-c1nc(-c2ccc(CC(=O)O)s2)cs1. The number of thiazole rings is 1. The molecular weight excluding hydrogens is 294 g/mol. The molecule has 0 saturated heterocycles. The lowest BCUT2D eigenvalue weighted by molar-refractivity contribution is -0.136. The minimum absolute atomic E-state index is 0.0580. The van der Waals surface area contributed by atoms with E-state index in [1.54, 1.807) is 17.6 Å². The van der Waals surface area contributed by atoms with E-state index < -0.39 is 5.97 Å². The fraction of sp³-hybridized carbons (Fsp3) is 0.143. The van der Waals surface area contributed by atoms with Crippen molar-refractivity contribution in [3.63, 3.8) is 0 Å². The summed E-state index contributed by atoms with van der Waals surface area (Å²) in [6.45, 7) is 1.91. The first-order valence-electron chi connectivity index (χ1n) is 5.94. The van der Waals surface area contributed by atoms with Crippen LogP contribution in [0.3, 0.4) is 0 Å². The number of carbonyl (C=O) groups is 1. The minimum atomic E-state index is -0.814. The number of furan rings is 1. The van der Waals surface area contributed by atoms with Gasteiger partial charge in [-0.05, 0) is 25.1 Å². The first kappa shape index (κ1) is 13.1. The molecule has 0 atom stereocenters. The highest BCUT2D eigenvalue weighted by Crippen LogP contribution is 2.34. The molecule has 0 unspecified atom stereocenters. The van der Waals surface area contributed by atoms with E-state index in [1.807, 2.05) is 30.5 Å². The maximum Gasteiger partial charge on any atom is 0.308 e. The van der Waals surface area contributed by atoms with Crippen LogP contribution in [0, 0.1) is 6.92 Å². The van der Waals surface area contributed by atoms with Crippen LogP contribution in [0.1, 0.15) is 10.6 Å². The number of hydrogen-bond acceptors (Lipinski definition) is 5. The smallest absolute Gasteiger partial charge is 0.308 e. The van der Waals surface area contributed by atoms with Gasteiger partial charge in [-0.2, -0.15) is 0 Å². The Labute approximate surface area is 123 Å². The van der Waals surface area contributed by atoms with E-state index in [0.717, 1.165) is 31.8 Å². The van der Waals surface area contributed by atoms with Crippen molar-refractivity contribution in [2.24, 2.45) is 0 Å². The Morgan fingerprint density at radius 3 is 2.95 bits per heavy atom. The highest BCUT2D eigenvalue weighted by Gasteiger charge is 2.12. The number of aryl methyl sites for hydroxylation is 1. The molecule has 0 aliphatic heterocycles. The van der Waals surface area contributed by atoms with Crippen molar-refractivity contribution in [1.29, 1.82) is 0 Å². The van der Waals surface area contributed by atoms with E-state index >= 15 is 0 Å². The molecule has 0 fully saturated rings. The second-order valence-corrected chi connectivity index (χ2v) is 6.29. The van der Waals surface area contributed by atoms with Crippen molar-refractivity contribution in [3.8, 4) is 21.1 Å². The molecule has 20 heavy (non-hydrogen) atoms. The lowest BCUT2D eigenvalue weighted by Crippen LogP contribution is -1.96. The van der Waals surface area contributed by atoms with Gasteiger partial charge in [0.2, 0.25) is 0 Å². The fourth-order valence-electron chi connectivity index (χ4n) is 1.88. The quantitative estimate of drug-likeness (QED) is 0.789. The molecule has 0 radical (unpaired) electrons. The van der Waals surface area contributed by atoms with Gasteiger partial charge >= 0.3 is 5.97 Å². The number of nitrogens with zero attached hydrogens (tertiary/aromatic N) is 1. The molecule has 0 amide bonds. The zero-order valence-corrected chi connectivity index (χ0v) is 12.3. The van der Waals surface area contributed by atoms with Gasteiger partial charge in [0.05, 0.1) is 28.8 Å². The highest BCUT2D eigenvalue weighted by molar-refractivity contribution is 7.16. The summed E-state index contributed by atoms with van der Waals surface area (Å²) in [5.41, 5.74) is 1.89. The van der Waals surface area contributed by atoms with Crippen LogP contribution < -0.4 is 0 Å². The summed E-state index contributed by atoms with van der Waals surface area (Å²) in [7, 11) is 0. The molecule has 6 heteroatoms. The summed E-state index contributed by atoms with van der Waals surface area (Å²) in [6, 6.07) is 5.67. The van der Waals surface area contributed by atoms with Gasteiger partial charge in [-0.25, -0.2) is 4.98 Å². The van der Waals surface area contributed by atoms with Crippen LogP contribution >= 0.6 is 22.7 Å². The van der Waals surface area contributed by atoms with Gasteiger partial charge in [-0.3, -0.25) is 4.79 Å². The Morgan fingerprint density at radius 1 is 1.40 bits per heavy atom. The predicted molar refractivity (Wildman–Crippen MR) is 79.2 cm³/mol. The van der Waals surface area contributed by atoms with E-state index in [9.17, 15) is 4.79 Å². The van der Waals surface area contributed by atoms with Crippen LogP contribution in [0.4, 0.5) is 0 Å². The molecule has 0 aliphatic carbocycles. The minimum Gasteiger partial charge on any atom is -0.481 e. The molecule has 1 N–H and O–H groups in total. The van der Waals surface area contributed by atoms with Crippen molar-refractivity contribution in [2.45, 2.75) is 13.3 Å². The van der Waals surface area contributed by atoms with Crippen molar-refractivity contribution < 1.29 is 14.3 Å². The van der Waals surface area contributed by atoms with Gasteiger partial charge in [0.1, 0.15) is 10.8 Å². The van der Waals surface area contributed by atoms with Crippen LogP contribution in [-0.2, 0) is 11.2 Å². The Balaban J connectivity index is 1.88. The summed E-state index contributed by atoms with van der Waals surface area (Å²) in [6.07, 6.45) is 1.71. The standard InChI is InChI=1S/C14H11NO3S2/c1-8-10(4-5-18-8)14-15-11(7-19-14)12-3-2-9(20-12)6-13(16)17/h2-5,7H,6H2,1H3,(H,16,17). The lowest BCUT2D eigenvalue weighted by Gasteiger charge is -1.92. The predicted octanol–water partition coefficient (Wildman–Crippen LogP) is 4.07. The first-order chi connectivity index (χ1) is 9.63. The molecule has 0 spiro atoms. The summed E-state index contributed by atoms with van der Waals surface area (Å²) in [5, 5.41) is 11.7. The summed E-state index contributed by atoms with van der Waals surface area (Å²) < 4.78 is 5.29. The van der Waals surface area contributed by atoms with Gasteiger partial charge in [0, 0.05) is 10.3 Å². The van der Waals surface area contributed by atoms with Gasteiger partial charge in [-0.1, -0.05) is 0 Å².